The number of hydrogen-bond donors (Lipinski definition) is 0. The lowest BCUT2D eigenvalue weighted by molar-refractivity contribution is -0.384. The van der Waals surface area contributed by atoms with Crippen molar-refractivity contribution in [3.8, 4) is 11.1 Å². The number of pyridine rings is 1. The highest BCUT2D eigenvalue weighted by Gasteiger charge is 2.20. The van der Waals surface area contributed by atoms with Crippen LogP contribution in [0.5, 0.6) is 0 Å². The SMILES string of the molecule is Cc1nc(C)c(C(=O)[O-])c(-c2cccc([N+](=O)[O-])c2)c1C(=O)[O-]. The summed E-state index contributed by atoms with van der Waals surface area (Å²) < 4.78 is 0. The van der Waals surface area contributed by atoms with E-state index in [1.807, 2.05) is 0 Å². The molecule has 0 bridgehead atoms. The minimum atomic E-state index is -1.63. The summed E-state index contributed by atoms with van der Waals surface area (Å²) in [6.07, 6.45) is 0. The summed E-state index contributed by atoms with van der Waals surface area (Å²) in [5.41, 5.74) is -1.22. The second-order valence-electron chi connectivity index (χ2n) is 4.79. The number of carbonyl (C=O) groups is 2. The number of aromatic carboxylic acids is 2. The number of benzene rings is 1. The third-order valence-corrected chi connectivity index (χ3v) is 3.31. The van der Waals surface area contributed by atoms with Gasteiger partial charge in [0.05, 0.1) is 16.9 Å². The van der Waals surface area contributed by atoms with Crippen molar-refractivity contribution in [3.05, 3.63) is 56.9 Å². The Balaban J connectivity index is 2.93. The van der Waals surface area contributed by atoms with Gasteiger partial charge in [0.2, 0.25) is 0 Å². The van der Waals surface area contributed by atoms with E-state index in [-0.39, 0.29) is 28.2 Å². The van der Waals surface area contributed by atoms with Crippen molar-refractivity contribution >= 4 is 17.6 Å². The van der Waals surface area contributed by atoms with Gasteiger partial charge in [-0.05, 0) is 19.4 Å². The Hall–Kier alpha value is -3.29. The third-order valence-electron chi connectivity index (χ3n) is 3.31. The van der Waals surface area contributed by atoms with Gasteiger partial charge in [0.15, 0.2) is 0 Å². The molecule has 0 aliphatic rings. The van der Waals surface area contributed by atoms with Crippen molar-refractivity contribution in [3.63, 3.8) is 0 Å². The number of nitrogens with zero attached hydrogens (tertiary/aromatic N) is 2. The van der Waals surface area contributed by atoms with Crippen molar-refractivity contribution in [2.75, 3.05) is 0 Å². The van der Waals surface area contributed by atoms with Crippen LogP contribution in [-0.4, -0.2) is 21.8 Å². The average Bonchev–Trinajstić information content (AvgIpc) is 2.45. The number of non-ortho nitro benzene ring substituents is 1. The van der Waals surface area contributed by atoms with E-state index < -0.39 is 28.0 Å². The highest BCUT2D eigenvalue weighted by molar-refractivity contribution is 6.05. The molecule has 2 aromatic rings. The predicted molar refractivity (Wildman–Crippen MR) is 74.5 cm³/mol. The highest BCUT2D eigenvalue weighted by Crippen LogP contribution is 2.32. The quantitative estimate of drug-likeness (QED) is 0.572. The molecule has 2 rings (SSSR count). The number of nitro groups is 1. The lowest BCUT2D eigenvalue weighted by Crippen LogP contribution is -2.30. The second kappa shape index (κ2) is 5.84. The first-order chi connectivity index (χ1) is 10.7. The number of aromatic nitrogens is 1. The summed E-state index contributed by atoms with van der Waals surface area (Å²) in [6, 6.07) is 5.01. The van der Waals surface area contributed by atoms with Gasteiger partial charge in [-0.1, -0.05) is 12.1 Å². The van der Waals surface area contributed by atoms with Crippen LogP contribution in [0.4, 0.5) is 5.69 Å². The number of hydrogen-bond acceptors (Lipinski definition) is 7. The van der Waals surface area contributed by atoms with E-state index in [9.17, 15) is 29.9 Å². The minimum Gasteiger partial charge on any atom is -0.545 e. The van der Waals surface area contributed by atoms with Gasteiger partial charge in [0, 0.05) is 40.2 Å². The van der Waals surface area contributed by atoms with Crippen LogP contribution in [-0.2, 0) is 0 Å². The van der Waals surface area contributed by atoms with Crippen LogP contribution in [0.2, 0.25) is 0 Å². The summed E-state index contributed by atoms with van der Waals surface area (Å²) >= 11 is 0. The van der Waals surface area contributed by atoms with Crippen molar-refractivity contribution in [1.82, 2.24) is 4.98 Å². The van der Waals surface area contributed by atoms with Crippen molar-refractivity contribution in [2.45, 2.75) is 13.8 Å². The standard InChI is InChI=1S/C15H12N2O6/c1-7-11(14(18)19)13(12(15(20)21)8(2)16-7)9-4-3-5-10(6-9)17(22)23/h3-6H,1-2H3,(H,18,19)(H,20,21)/p-2. The van der Waals surface area contributed by atoms with Crippen LogP contribution in [0.1, 0.15) is 32.1 Å². The maximum Gasteiger partial charge on any atom is 0.270 e. The Morgan fingerprint density at radius 1 is 1.04 bits per heavy atom. The molecule has 0 saturated carbocycles. The van der Waals surface area contributed by atoms with Crippen molar-refractivity contribution in [1.29, 1.82) is 0 Å². The Kier molecular flexibility index (Phi) is 4.08. The van der Waals surface area contributed by atoms with Crippen LogP contribution in [0.15, 0.2) is 24.3 Å². The molecule has 1 heterocycles. The molecule has 1 aromatic carbocycles. The van der Waals surface area contributed by atoms with Crippen LogP contribution in [0.25, 0.3) is 11.1 Å². The van der Waals surface area contributed by atoms with Crippen LogP contribution >= 0.6 is 0 Å². The lowest BCUT2D eigenvalue weighted by Gasteiger charge is -2.20. The Morgan fingerprint density at radius 2 is 1.57 bits per heavy atom. The molecule has 1 aromatic heterocycles. The summed E-state index contributed by atoms with van der Waals surface area (Å²) in [5.74, 6) is -3.25. The molecule has 0 N–H and O–H groups in total. The number of carboxylic acids is 2. The van der Waals surface area contributed by atoms with Crippen LogP contribution in [0.3, 0.4) is 0 Å². The normalized spacial score (nSPS) is 10.3. The van der Waals surface area contributed by atoms with Crippen LogP contribution in [0, 0.1) is 24.0 Å². The van der Waals surface area contributed by atoms with E-state index >= 15 is 0 Å². The monoisotopic (exact) mass is 314 g/mol. The molecule has 0 radical (unpaired) electrons. The van der Waals surface area contributed by atoms with Gasteiger partial charge in [0.25, 0.3) is 5.69 Å². The first-order valence-electron chi connectivity index (χ1n) is 6.42. The fourth-order valence-electron chi connectivity index (χ4n) is 2.41. The lowest BCUT2D eigenvalue weighted by atomic mass is 9.92. The van der Waals surface area contributed by atoms with Gasteiger partial charge >= 0.3 is 0 Å². The average molecular weight is 314 g/mol. The van der Waals surface area contributed by atoms with E-state index in [2.05, 4.69) is 4.98 Å². The minimum absolute atomic E-state index is 0.0500. The fraction of sp³-hybridized carbons (Fsp3) is 0.133. The summed E-state index contributed by atoms with van der Waals surface area (Å²) in [7, 11) is 0. The molecule has 0 aliphatic carbocycles. The molecule has 118 valence electrons. The first-order valence-corrected chi connectivity index (χ1v) is 6.42. The molecule has 0 fully saturated rings. The molecule has 0 spiro atoms. The Bertz CT molecular complexity index is 806. The number of carboxylic acid groups (broad SMARTS) is 2. The van der Waals surface area contributed by atoms with E-state index in [1.165, 1.54) is 32.0 Å². The highest BCUT2D eigenvalue weighted by atomic mass is 16.6. The molecule has 0 aliphatic heterocycles. The van der Waals surface area contributed by atoms with Gasteiger partial charge in [-0.2, -0.15) is 0 Å². The molecular weight excluding hydrogens is 304 g/mol. The largest absolute Gasteiger partial charge is 0.545 e. The number of rotatable bonds is 4. The number of aryl methyl sites for hydroxylation is 2. The molecule has 0 atom stereocenters. The third kappa shape index (κ3) is 2.86. The summed E-state index contributed by atoms with van der Waals surface area (Å²) in [6.45, 7) is 2.77. The van der Waals surface area contributed by atoms with E-state index in [1.54, 1.807) is 0 Å². The van der Waals surface area contributed by atoms with E-state index in [0.29, 0.717) is 0 Å². The smallest absolute Gasteiger partial charge is 0.270 e. The number of carbonyl (C=O) groups excluding carboxylic acids is 2. The van der Waals surface area contributed by atoms with Crippen LogP contribution < -0.4 is 10.2 Å². The maximum absolute atomic E-state index is 11.4. The zero-order valence-electron chi connectivity index (χ0n) is 12.2. The topological polar surface area (TPSA) is 136 Å². The fourth-order valence-corrected chi connectivity index (χ4v) is 2.41. The van der Waals surface area contributed by atoms with Gasteiger partial charge in [-0.15, -0.1) is 0 Å². The first kappa shape index (κ1) is 16.1. The summed E-state index contributed by atoms with van der Waals surface area (Å²) in [5, 5.41) is 33.7. The molecule has 0 amide bonds. The number of nitro benzene ring substituents is 1. The summed E-state index contributed by atoms with van der Waals surface area (Å²) in [4.78, 5) is 37.0. The predicted octanol–water partition coefficient (Wildman–Crippen LogP) is 0.000640. The van der Waals surface area contributed by atoms with Gasteiger partial charge in [-0.3, -0.25) is 15.1 Å². The molecule has 23 heavy (non-hydrogen) atoms. The van der Waals surface area contributed by atoms with Crippen molar-refractivity contribution < 1.29 is 24.7 Å². The van der Waals surface area contributed by atoms with Gasteiger partial charge in [0.1, 0.15) is 0 Å². The maximum atomic E-state index is 11.4. The molecular formula is C15H10N2O6-2. The zero-order valence-corrected chi connectivity index (χ0v) is 12.2. The van der Waals surface area contributed by atoms with E-state index in [0.717, 1.165) is 6.07 Å². The second-order valence-corrected chi connectivity index (χ2v) is 4.79. The Morgan fingerprint density at radius 3 is 2.00 bits per heavy atom. The molecule has 0 unspecified atom stereocenters. The zero-order chi connectivity index (χ0) is 17.3. The Labute approximate surface area is 130 Å². The van der Waals surface area contributed by atoms with Crippen molar-refractivity contribution in [2.24, 2.45) is 0 Å². The van der Waals surface area contributed by atoms with E-state index in [4.69, 9.17) is 0 Å². The molecule has 8 heteroatoms. The van der Waals surface area contributed by atoms with Gasteiger partial charge in [-0.25, -0.2) is 0 Å². The molecule has 8 nitrogen and oxygen atoms in total. The molecule has 0 saturated heterocycles. The van der Waals surface area contributed by atoms with Gasteiger partial charge < -0.3 is 19.8 Å².